The topological polar surface area (TPSA) is 111 Å². The number of nitrogens with zero attached hydrogens (tertiary/aromatic N) is 2. The summed E-state index contributed by atoms with van der Waals surface area (Å²) >= 11 is 0. The molecule has 2 amide bonds. The van der Waals surface area contributed by atoms with Gasteiger partial charge in [-0.1, -0.05) is 12.1 Å². The fraction of sp³-hybridized carbons (Fsp3) is 0.0435. The number of nitrogens with one attached hydrogen (secondary N) is 3. The Balaban J connectivity index is 1.49. The summed E-state index contributed by atoms with van der Waals surface area (Å²) in [5, 5.41) is 14.4. The van der Waals surface area contributed by atoms with E-state index in [2.05, 4.69) is 20.6 Å². The maximum Gasteiger partial charge on any atom is 0.295 e. The van der Waals surface area contributed by atoms with Crippen molar-refractivity contribution in [1.82, 2.24) is 9.97 Å². The average Bonchev–Trinajstić information content (AvgIpc) is 3.23. The molecule has 0 atom stereocenters. The van der Waals surface area contributed by atoms with Gasteiger partial charge >= 0.3 is 0 Å². The van der Waals surface area contributed by atoms with Gasteiger partial charge in [0.1, 0.15) is 0 Å². The van der Waals surface area contributed by atoms with Crippen molar-refractivity contribution < 1.29 is 18.4 Å². The van der Waals surface area contributed by atoms with Crippen molar-refractivity contribution in [1.29, 1.82) is 5.26 Å². The SMILES string of the molecule is N#Cc1cccc(NC(=O)c2cccc(NC(=O)c3ccc4nc(C(F)F)[nH]c4c3)c2)c1. The van der Waals surface area contributed by atoms with Crippen LogP contribution in [0.4, 0.5) is 20.2 Å². The Bertz CT molecular complexity index is 1370. The van der Waals surface area contributed by atoms with Crippen LogP contribution in [-0.4, -0.2) is 21.8 Å². The van der Waals surface area contributed by atoms with Crippen LogP contribution in [0.1, 0.15) is 38.5 Å². The van der Waals surface area contributed by atoms with Gasteiger partial charge in [-0.2, -0.15) is 5.26 Å². The number of halogens is 2. The van der Waals surface area contributed by atoms with Gasteiger partial charge in [0, 0.05) is 22.5 Å². The molecule has 0 spiro atoms. The zero-order valence-corrected chi connectivity index (χ0v) is 16.4. The third-order valence-corrected chi connectivity index (χ3v) is 4.60. The molecule has 0 aliphatic rings. The van der Waals surface area contributed by atoms with Gasteiger partial charge in [0.2, 0.25) is 0 Å². The highest BCUT2D eigenvalue weighted by molar-refractivity contribution is 6.08. The Hall–Kier alpha value is -4.58. The summed E-state index contributed by atoms with van der Waals surface area (Å²) in [6.45, 7) is 0. The molecule has 0 bridgehead atoms. The number of imidazole rings is 1. The Morgan fingerprint density at radius 3 is 2.25 bits per heavy atom. The molecule has 0 fully saturated rings. The molecule has 0 saturated heterocycles. The predicted molar refractivity (Wildman–Crippen MR) is 115 cm³/mol. The first-order valence-corrected chi connectivity index (χ1v) is 9.43. The molecule has 158 valence electrons. The highest BCUT2D eigenvalue weighted by Gasteiger charge is 2.15. The first kappa shape index (κ1) is 20.7. The Morgan fingerprint density at radius 2 is 1.56 bits per heavy atom. The van der Waals surface area contributed by atoms with E-state index in [1.807, 2.05) is 6.07 Å². The fourth-order valence-corrected chi connectivity index (χ4v) is 3.09. The number of hydrogen-bond acceptors (Lipinski definition) is 4. The molecule has 4 rings (SSSR count). The van der Waals surface area contributed by atoms with E-state index in [4.69, 9.17) is 5.26 Å². The number of nitriles is 1. The number of alkyl halides is 2. The minimum atomic E-state index is -2.74. The number of anilines is 2. The molecule has 1 aromatic heterocycles. The van der Waals surface area contributed by atoms with Crippen molar-refractivity contribution in [3.8, 4) is 6.07 Å². The second kappa shape index (κ2) is 8.65. The van der Waals surface area contributed by atoms with Gasteiger partial charge in [0.05, 0.1) is 22.7 Å². The summed E-state index contributed by atoms with van der Waals surface area (Å²) in [5.41, 5.74) is 2.46. The first-order valence-electron chi connectivity index (χ1n) is 9.43. The van der Waals surface area contributed by atoms with Gasteiger partial charge in [0.25, 0.3) is 18.2 Å². The number of rotatable bonds is 5. The first-order chi connectivity index (χ1) is 15.4. The van der Waals surface area contributed by atoms with E-state index in [9.17, 15) is 18.4 Å². The molecular weight excluding hydrogens is 416 g/mol. The number of carbonyl (C=O) groups excluding carboxylic acids is 2. The average molecular weight is 431 g/mol. The van der Waals surface area contributed by atoms with E-state index in [1.165, 1.54) is 24.3 Å². The van der Waals surface area contributed by atoms with E-state index in [1.54, 1.807) is 42.5 Å². The molecule has 0 radical (unpaired) electrons. The molecule has 4 aromatic rings. The lowest BCUT2D eigenvalue weighted by atomic mass is 10.1. The number of amides is 2. The van der Waals surface area contributed by atoms with Crippen LogP contribution in [-0.2, 0) is 0 Å². The number of hydrogen-bond donors (Lipinski definition) is 3. The summed E-state index contributed by atoms with van der Waals surface area (Å²) in [4.78, 5) is 31.4. The van der Waals surface area contributed by atoms with Crippen molar-refractivity contribution in [3.05, 3.63) is 89.2 Å². The zero-order chi connectivity index (χ0) is 22.7. The largest absolute Gasteiger partial charge is 0.337 e. The summed E-state index contributed by atoms with van der Waals surface area (Å²) in [6.07, 6.45) is -2.74. The Morgan fingerprint density at radius 1 is 0.906 bits per heavy atom. The number of carbonyl (C=O) groups is 2. The Kier molecular flexibility index (Phi) is 5.59. The van der Waals surface area contributed by atoms with E-state index in [0.29, 0.717) is 33.5 Å². The monoisotopic (exact) mass is 431 g/mol. The van der Waals surface area contributed by atoms with Crippen molar-refractivity contribution in [2.45, 2.75) is 6.43 Å². The van der Waals surface area contributed by atoms with Crippen molar-refractivity contribution in [2.24, 2.45) is 0 Å². The summed E-state index contributed by atoms with van der Waals surface area (Å²) < 4.78 is 25.6. The Labute approximate surface area is 180 Å². The quantitative estimate of drug-likeness (QED) is 0.418. The number of H-pyrrole nitrogens is 1. The van der Waals surface area contributed by atoms with Gasteiger partial charge in [0.15, 0.2) is 5.82 Å². The molecule has 0 unspecified atom stereocenters. The minimum Gasteiger partial charge on any atom is -0.337 e. The van der Waals surface area contributed by atoms with E-state index < -0.39 is 24.1 Å². The van der Waals surface area contributed by atoms with Crippen LogP contribution in [0.2, 0.25) is 0 Å². The van der Waals surface area contributed by atoms with E-state index in [0.717, 1.165) is 0 Å². The predicted octanol–water partition coefficient (Wildman–Crippen LogP) is 4.88. The lowest BCUT2D eigenvalue weighted by Gasteiger charge is -2.09. The maximum absolute atomic E-state index is 12.8. The van der Waals surface area contributed by atoms with Crippen LogP contribution in [0.25, 0.3) is 11.0 Å². The molecule has 3 aromatic carbocycles. The highest BCUT2D eigenvalue weighted by Crippen LogP contribution is 2.21. The number of aromatic amines is 1. The lowest BCUT2D eigenvalue weighted by molar-refractivity contribution is 0.101. The number of benzene rings is 3. The second-order valence-electron chi connectivity index (χ2n) is 6.84. The highest BCUT2D eigenvalue weighted by atomic mass is 19.3. The molecule has 0 aliphatic carbocycles. The van der Waals surface area contributed by atoms with Gasteiger partial charge in [-0.3, -0.25) is 9.59 Å². The third kappa shape index (κ3) is 4.44. The van der Waals surface area contributed by atoms with Crippen LogP contribution < -0.4 is 10.6 Å². The lowest BCUT2D eigenvalue weighted by Crippen LogP contribution is -2.14. The van der Waals surface area contributed by atoms with Crippen LogP contribution in [0, 0.1) is 11.3 Å². The maximum atomic E-state index is 12.8. The molecule has 1 heterocycles. The third-order valence-electron chi connectivity index (χ3n) is 4.60. The standard InChI is InChI=1S/C23H15F2N5O2/c24-20(25)21-29-18-8-7-15(11-19(18)30-21)23(32)28-17-6-2-4-14(10-17)22(31)27-16-5-1-3-13(9-16)12-26/h1-11,20H,(H,27,31)(H,28,32)(H,29,30). The van der Waals surface area contributed by atoms with Gasteiger partial charge in [-0.15, -0.1) is 0 Å². The van der Waals surface area contributed by atoms with Crippen LogP contribution in [0.3, 0.4) is 0 Å². The van der Waals surface area contributed by atoms with Crippen molar-refractivity contribution in [3.63, 3.8) is 0 Å². The molecular formula is C23H15F2N5O2. The smallest absolute Gasteiger partial charge is 0.295 e. The number of fused-ring (bicyclic) bond motifs is 1. The molecule has 3 N–H and O–H groups in total. The van der Waals surface area contributed by atoms with E-state index >= 15 is 0 Å². The summed E-state index contributed by atoms with van der Waals surface area (Å²) in [5.74, 6) is -1.34. The van der Waals surface area contributed by atoms with Crippen LogP contribution in [0.5, 0.6) is 0 Å². The normalized spacial score (nSPS) is 10.7. The van der Waals surface area contributed by atoms with Crippen molar-refractivity contribution >= 4 is 34.2 Å². The van der Waals surface area contributed by atoms with Gasteiger partial charge in [-0.25, -0.2) is 13.8 Å². The zero-order valence-electron chi connectivity index (χ0n) is 16.4. The minimum absolute atomic E-state index is 0.241. The molecule has 32 heavy (non-hydrogen) atoms. The molecule has 7 nitrogen and oxygen atoms in total. The van der Waals surface area contributed by atoms with Gasteiger partial charge in [-0.05, 0) is 54.6 Å². The molecule has 0 aliphatic heterocycles. The molecule has 9 heteroatoms. The van der Waals surface area contributed by atoms with Crippen molar-refractivity contribution in [2.75, 3.05) is 10.6 Å². The van der Waals surface area contributed by atoms with Crippen LogP contribution in [0.15, 0.2) is 66.7 Å². The number of aromatic nitrogens is 2. The summed E-state index contributed by atoms with van der Waals surface area (Å²) in [7, 11) is 0. The molecule has 0 saturated carbocycles. The van der Waals surface area contributed by atoms with Crippen LogP contribution >= 0.6 is 0 Å². The second-order valence-corrected chi connectivity index (χ2v) is 6.84. The summed E-state index contributed by atoms with van der Waals surface area (Å²) in [6, 6.07) is 19.2. The van der Waals surface area contributed by atoms with E-state index in [-0.39, 0.29) is 5.56 Å². The van der Waals surface area contributed by atoms with Gasteiger partial charge < -0.3 is 15.6 Å². The fourth-order valence-electron chi connectivity index (χ4n) is 3.09.